The van der Waals surface area contributed by atoms with Gasteiger partial charge in [-0.2, -0.15) is 0 Å². The molecule has 2 rings (SSSR count). The van der Waals surface area contributed by atoms with E-state index in [9.17, 15) is 9.90 Å². The summed E-state index contributed by atoms with van der Waals surface area (Å²) in [6, 6.07) is 7.10. The van der Waals surface area contributed by atoms with E-state index in [0.29, 0.717) is 12.0 Å². The van der Waals surface area contributed by atoms with E-state index >= 15 is 0 Å². The minimum Gasteiger partial charge on any atom is -0.508 e. The molecule has 1 aliphatic rings. The molecule has 0 aliphatic carbocycles. The van der Waals surface area contributed by atoms with E-state index in [2.05, 4.69) is 4.90 Å². The third-order valence-corrected chi connectivity index (χ3v) is 3.25. The highest BCUT2D eigenvalue weighted by Crippen LogP contribution is 2.29. The molecule has 0 saturated heterocycles. The molecule has 0 spiro atoms. The minimum absolute atomic E-state index is 0.0495. The van der Waals surface area contributed by atoms with Crippen LogP contribution in [0.3, 0.4) is 0 Å². The Hall–Kier alpha value is -1.81. The molecule has 96 valence electrons. The van der Waals surface area contributed by atoms with Gasteiger partial charge < -0.3 is 9.84 Å². The number of ether oxygens (including phenoxy) is 1. The van der Waals surface area contributed by atoms with Gasteiger partial charge in [-0.15, -0.1) is 0 Å². The average molecular weight is 247 g/mol. The highest BCUT2D eigenvalue weighted by atomic mass is 16.5. The number of benzene rings is 1. The second-order valence-electron chi connectivity index (χ2n) is 4.45. The van der Waals surface area contributed by atoms with E-state index in [4.69, 9.17) is 4.74 Å². The zero-order valence-electron chi connectivity index (χ0n) is 10.6. The first-order valence-corrected chi connectivity index (χ1v) is 5.90. The number of likely N-dealkylation sites (N-methyl/N-ethyl adjacent to an activating group) is 1. The van der Waals surface area contributed by atoms with E-state index < -0.39 is 0 Å². The molecule has 0 bridgehead atoms. The van der Waals surface area contributed by atoms with E-state index in [-0.39, 0.29) is 17.8 Å². The van der Waals surface area contributed by atoms with Crippen molar-refractivity contribution in [2.45, 2.75) is 12.5 Å². The fourth-order valence-electron chi connectivity index (χ4n) is 2.16. The molecule has 0 fully saturated rings. The van der Waals surface area contributed by atoms with Crippen molar-refractivity contribution in [1.29, 1.82) is 0 Å². The van der Waals surface area contributed by atoms with Crippen LogP contribution in [0.5, 0.6) is 5.75 Å². The van der Waals surface area contributed by atoms with Crippen LogP contribution in [-0.2, 0) is 9.53 Å². The predicted octanol–water partition coefficient (Wildman–Crippen LogP) is 1.87. The van der Waals surface area contributed by atoms with Crippen molar-refractivity contribution in [2.24, 2.45) is 0 Å². The zero-order chi connectivity index (χ0) is 13.1. The summed E-state index contributed by atoms with van der Waals surface area (Å²) in [5.74, 6) is -0.0127. The lowest BCUT2D eigenvalue weighted by molar-refractivity contribution is -0.136. The largest absolute Gasteiger partial charge is 0.508 e. The van der Waals surface area contributed by atoms with E-state index in [1.165, 1.54) is 7.11 Å². The molecule has 0 radical (unpaired) electrons. The summed E-state index contributed by atoms with van der Waals surface area (Å²) in [5.41, 5.74) is 1.77. The van der Waals surface area contributed by atoms with Crippen LogP contribution in [0.25, 0.3) is 0 Å². The van der Waals surface area contributed by atoms with Crippen LogP contribution in [0.15, 0.2) is 35.9 Å². The van der Waals surface area contributed by atoms with Gasteiger partial charge in [0.25, 0.3) is 0 Å². The lowest BCUT2D eigenvalue weighted by Crippen LogP contribution is -2.30. The molecular formula is C14H17NO3. The first kappa shape index (κ1) is 12.6. The summed E-state index contributed by atoms with van der Waals surface area (Å²) >= 11 is 0. The number of carbonyl (C=O) groups excluding carboxylic acids is 1. The Bertz CT molecular complexity index is 464. The van der Waals surface area contributed by atoms with E-state index in [0.717, 1.165) is 12.1 Å². The van der Waals surface area contributed by atoms with Crippen LogP contribution in [0.2, 0.25) is 0 Å². The molecule has 1 N–H and O–H groups in total. The van der Waals surface area contributed by atoms with Crippen molar-refractivity contribution in [3.8, 4) is 5.75 Å². The molecule has 1 atom stereocenters. The number of carbonyl (C=O) groups is 1. The smallest absolute Gasteiger partial charge is 0.333 e. The number of rotatable bonds is 2. The van der Waals surface area contributed by atoms with Crippen molar-refractivity contribution in [1.82, 2.24) is 4.90 Å². The number of hydrogen-bond donors (Lipinski definition) is 1. The molecule has 0 aromatic heterocycles. The molecule has 18 heavy (non-hydrogen) atoms. The van der Waals surface area contributed by atoms with Crippen molar-refractivity contribution in [2.75, 3.05) is 20.7 Å². The fourth-order valence-corrected chi connectivity index (χ4v) is 2.16. The monoisotopic (exact) mass is 247 g/mol. The Kier molecular flexibility index (Phi) is 3.67. The first-order chi connectivity index (χ1) is 8.61. The highest BCUT2D eigenvalue weighted by Gasteiger charge is 2.23. The first-order valence-electron chi connectivity index (χ1n) is 5.90. The van der Waals surface area contributed by atoms with Gasteiger partial charge in [0.15, 0.2) is 0 Å². The molecule has 4 heteroatoms. The molecule has 1 heterocycles. The number of nitrogens with zero attached hydrogens (tertiary/aromatic N) is 1. The summed E-state index contributed by atoms with van der Waals surface area (Å²) in [5, 5.41) is 9.30. The second kappa shape index (κ2) is 5.23. The number of esters is 1. The van der Waals surface area contributed by atoms with Gasteiger partial charge in [-0.3, -0.25) is 4.90 Å². The Morgan fingerprint density at radius 2 is 2.06 bits per heavy atom. The van der Waals surface area contributed by atoms with E-state index in [1.54, 1.807) is 12.1 Å². The van der Waals surface area contributed by atoms with Gasteiger partial charge in [-0.1, -0.05) is 18.2 Å². The van der Waals surface area contributed by atoms with Crippen molar-refractivity contribution < 1.29 is 14.6 Å². The SMILES string of the molecule is COC(=O)C1=CC(c2ccc(O)cc2)N(C)CC1. The third-order valence-electron chi connectivity index (χ3n) is 3.25. The van der Waals surface area contributed by atoms with Gasteiger partial charge in [0.1, 0.15) is 5.75 Å². The van der Waals surface area contributed by atoms with Gasteiger partial charge in [0.05, 0.1) is 13.2 Å². The third kappa shape index (κ3) is 2.54. The maximum absolute atomic E-state index is 11.6. The summed E-state index contributed by atoms with van der Waals surface area (Å²) in [4.78, 5) is 13.7. The van der Waals surface area contributed by atoms with Gasteiger partial charge in [0, 0.05) is 12.1 Å². The Labute approximate surface area is 106 Å². The van der Waals surface area contributed by atoms with Crippen molar-refractivity contribution >= 4 is 5.97 Å². The lowest BCUT2D eigenvalue weighted by Gasteiger charge is -2.30. The lowest BCUT2D eigenvalue weighted by atomic mass is 9.97. The van der Waals surface area contributed by atoms with Gasteiger partial charge in [-0.25, -0.2) is 4.79 Å². The summed E-state index contributed by atoms with van der Waals surface area (Å²) < 4.78 is 4.76. The van der Waals surface area contributed by atoms with Gasteiger partial charge in [-0.05, 0) is 31.2 Å². The molecular weight excluding hydrogens is 230 g/mol. The van der Waals surface area contributed by atoms with Crippen LogP contribution in [0.4, 0.5) is 0 Å². The maximum Gasteiger partial charge on any atom is 0.333 e. The van der Waals surface area contributed by atoms with Gasteiger partial charge >= 0.3 is 5.97 Å². The van der Waals surface area contributed by atoms with Crippen molar-refractivity contribution in [3.05, 3.63) is 41.5 Å². The van der Waals surface area contributed by atoms with E-state index in [1.807, 2.05) is 25.3 Å². The minimum atomic E-state index is -0.258. The number of phenolic OH excluding ortho intramolecular Hbond substituents is 1. The molecule has 4 nitrogen and oxygen atoms in total. The second-order valence-corrected chi connectivity index (χ2v) is 4.45. The predicted molar refractivity (Wildman–Crippen MR) is 68.2 cm³/mol. The molecule has 1 aromatic carbocycles. The summed E-state index contributed by atoms with van der Waals surface area (Å²) in [6.07, 6.45) is 2.64. The molecule has 1 unspecified atom stereocenters. The van der Waals surface area contributed by atoms with Crippen LogP contribution < -0.4 is 0 Å². The molecule has 0 saturated carbocycles. The van der Waals surface area contributed by atoms with Crippen LogP contribution in [0.1, 0.15) is 18.0 Å². The highest BCUT2D eigenvalue weighted by molar-refractivity contribution is 5.88. The van der Waals surface area contributed by atoms with Crippen LogP contribution in [0, 0.1) is 0 Å². The zero-order valence-corrected chi connectivity index (χ0v) is 10.6. The summed E-state index contributed by atoms with van der Waals surface area (Å²) in [7, 11) is 3.42. The Morgan fingerprint density at radius 3 is 2.67 bits per heavy atom. The standard InChI is InChI=1S/C14H17NO3/c1-15-8-7-11(14(17)18-2)9-13(15)10-3-5-12(16)6-4-10/h3-6,9,13,16H,7-8H2,1-2H3. The van der Waals surface area contributed by atoms with Gasteiger partial charge in [0.2, 0.25) is 0 Å². The quantitative estimate of drug-likeness (QED) is 0.810. The topological polar surface area (TPSA) is 49.8 Å². The number of methoxy groups -OCH3 is 1. The normalized spacial score (nSPS) is 20.3. The number of hydrogen-bond acceptors (Lipinski definition) is 4. The molecule has 1 aromatic rings. The average Bonchev–Trinajstić information content (AvgIpc) is 2.39. The molecule has 1 aliphatic heterocycles. The Morgan fingerprint density at radius 1 is 1.39 bits per heavy atom. The summed E-state index contributed by atoms with van der Waals surface area (Å²) in [6.45, 7) is 0.812. The maximum atomic E-state index is 11.6. The van der Waals surface area contributed by atoms with Crippen LogP contribution >= 0.6 is 0 Å². The van der Waals surface area contributed by atoms with Crippen molar-refractivity contribution in [3.63, 3.8) is 0 Å². The number of aromatic hydroxyl groups is 1. The number of phenols is 1. The fraction of sp³-hybridized carbons (Fsp3) is 0.357. The Balaban J connectivity index is 2.29. The van der Waals surface area contributed by atoms with Crippen LogP contribution in [-0.4, -0.2) is 36.7 Å². The molecule has 0 amide bonds.